The van der Waals surface area contributed by atoms with Gasteiger partial charge in [0.25, 0.3) is 0 Å². The lowest BCUT2D eigenvalue weighted by atomic mass is 9.97. The zero-order valence-corrected chi connectivity index (χ0v) is 18.1. The number of aromatic nitrogens is 3. The van der Waals surface area contributed by atoms with E-state index in [0.717, 1.165) is 49.2 Å². The minimum Gasteiger partial charge on any atom is -0.386 e. The fourth-order valence-corrected chi connectivity index (χ4v) is 4.15. The maximum absolute atomic E-state index is 10.3. The first-order chi connectivity index (χ1) is 13.8. The molecule has 6 heteroatoms. The summed E-state index contributed by atoms with van der Waals surface area (Å²) in [6.07, 6.45) is 2.05. The topological polar surface area (TPSA) is 50.9 Å². The maximum Gasteiger partial charge on any atom is 0.125 e. The van der Waals surface area contributed by atoms with Gasteiger partial charge in [-0.05, 0) is 68.8 Å². The van der Waals surface area contributed by atoms with Gasteiger partial charge in [0.15, 0.2) is 0 Å². The van der Waals surface area contributed by atoms with Crippen LogP contribution in [0.2, 0.25) is 5.02 Å². The third kappa shape index (κ3) is 4.32. The van der Waals surface area contributed by atoms with E-state index in [2.05, 4.69) is 13.1 Å². The van der Waals surface area contributed by atoms with Gasteiger partial charge in [-0.1, -0.05) is 35.5 Å². The molecular weight excluding hydrogens is 402 g/mol. The molecule has 0 spiro atoms. The van der Waals surface area contributed by atoms with E-state index in [0.29, 0.717) is 0 Å². The van der Waals surface area contributed by atoms with E-state index < -0.39 is 5.60 Å². The molecule has 0 atom stereocenters. The van der Waals surface area contributed by atoms with Crippen molar-refractivity contribution in [2.75, 3.05) is 0 Å². The second kappa shape index (κ2) is 7.82. The first kappa shape index (κ1) is 20.0. The zero-order chi connectivity index (χ0) is 20.6. The van der Waals surface area contributed by atoms with E-state index in [-0.39, 0.29) is 0 Å². The van der Waals surface area contributed by atoms with Crippen LogP contribution in [-0.2, 0) is 12.1 Å². The quantitative estimate of drug-likeness (QED) is 0.418. The molecule has 2 aromatic carbocycles. The highest BCUT2D eigenvalue weighted by molar-refractivity contribution is 7.99. The Balaban J connectivity index is 1.74. The van der Waals surface area contributed by atoms with Crippen LogP contribution < -0.4 is 0 Å². The van der Waals surface area contributed by atoms with Gasteiger partial charge in [-0.15, -0.1) is 0 Å². The molecule has 0 fully saturated rings. The van der Waals surface area contributed by atoms with Gasteiger partial charge in [0.05, 0.1) is 21.7 Å². The largest absolute Gasteiger partial charge is 0.386 e. The molecule has 0 saturated carbocycles. The van der Waals surface area contributed by atoms with Gasteiger partial charge in [-0.25, -0.2) is 4.98 Å². The van der Waals surface area contributed by atoms with Crippen LogP contribution in [0.3, 0.4) is 0 Å². The predicted octanol–water partition coefficient (Wildman–Crippen LogP) is 6.15. The normalized spacial score (nSPS) is 11.9. The van der Waals surface area contributed by atoms with Crippen molar-refractivity contribution >= 4 is 34.3 Å². The molecule has 2 aromatic heterocycles. The molecule has 0 aliphatic heterocycles. The molecule has 0 amide bonds. The Kier molecular flexibility index (Phi) is 5.38. The van der Waals surface area contributed by atoms with Crippen LogP contribution in [0.4, 0.5) is 0 Å². The van der Waals surface area contributed by atoms with Crippen molar-refractivity contribution in [3.05, 3.63) is 71.4 Å². The van der Waals surface area contributed by atoms with E-state index >= 15 is 0 Å². The molecule has 0 radical (unpaired) electrons. The number of aryl methyl sites for hydroxylation is 1. The van der Waals surface area contributed by atoms with Gasteiger partial charge >= 0.3 is 0 Å². The van der Waals surface area contributed by atoms with Crippen LogP contribution in [0.1, 0.15) is 26.3 Å². The summed E-state index contributed by atoms with van der Waals surface area (Å²) in [6.45, 7) is 6.43. The minimum absolute atomic E-state index is 0.723. The van der Waals surface area contributed by atoms with Crippen LogP contribution >= 0.6 is 23.4 Å². The van der Waals surface area contributed by atoms with Gasteiger partial charge in [0.2, 0.25) is 0 Å². The van der Waals surface area contributed by atoms with Gasteiger partial charge in [0, 0.05) is 28.0 Å². The molecule has 2 heterocycles. The van der Waals surface area contributed by atoms with E-state index in [9.17, 15) is 5.11 Å². The molecule has 29 heavy (non-hydrogen) atoms. The zero-order valence-electron chi connectivity index (χ0n) is 16.6. The molecule has 1 N–H and O–H groups in total. The van der Waals surface area contributed by atoms with Crippen molar-refractivity contribution in [2.24, 2.45) is 0 Å². The van der Waals surface area contributed by atoms with Crippen molar-refractivity contribution in [3.63, 3.8) is 0 Å². The lowest BCUT2D eigenvalue weighted by Gasteiger charge is -2.18. The number of hydrogen-bond donors (Lipinski definition) is 1. The van der Waals surface area contributed by atoms with Crippen molar-refractivity contribution in [3.8, 4) is 11.4 Å². The second-order valence-electron chi connectivity index (χ2n) is 7.42. The van der Waals surface area contributed by atoms with Crippen LogP contribution in [0, 0.1) is 0 Å². The Bertz CT molecular complexity index is 1160. The first-order valence-electron chi connectivity index (χ1n) is 9.48. The third-order valence-electron chi connectivity index (χ3n) is 4.73. The molecule has 4 aromatic rings. The number of aliphatic hydroxyl groups is 1. The maximum atomic E-state index is 10.3. The number of pyridine rings is 1. The molecule has 4 nitrogen and oxygen atoms in total. The standard InChI is InChI=1S/C23H22ClN3OS/c1-4-27-14-21(29-18-9-7-17(24)8-10-18)22(26-27)20-11-5-15-13-16(23(2,3)28)6-12-19(15)25-20/h5-14,28H,4H2,1-3H3. The Labute approximate surface area is 179 Å². The first-order valence-corrected chi connectivity index (χ1v) is 10.7. The number of nitrogens with zero attached hydrogens (tertiary/aromatic N) is 3. The van der Waals surface area contributed by atoms with Crippen LogP contribution in [0.15, 0.2) is 70.6 Å². The van der Waals surface area contributed by atoms with Crippen LogP contribution in [0.5, 0.6) is 0 Å². The fraction of sp³-hybridized carbons (Fsp3) is 0.217. The summed E-state index contributed by atoms with van der Waals surface area (Å²) >= 11 is 7.66. The average Bonchev–Trinajstić information content (AvgIpc) is 3.11. The van der Waals surface area contributed by atoms with Crippen molar-refractivity contribution in [2.45, 2.75) is 42.7 Å². The van der Waals surface area contributed by atoms with Crippen molar-refractivity contribution < 1.29 is 5.11 Å². The van der Waals surface area contributed by atoms with Gasteiger partial charge in [-0.3, -0.25) is 4.68 Å². The summed E-state index contributed by atoms with van der Waals surface area (Å²) in [6, 6.07) is 17.7. The summed E-state index contributed by atoms with van der Waals surface area (Å²) in [4.78, 5) is 6.99. The van der Waals surface area contributed by atoms with Gasteiger partial charge in [0.1, 0.15) is 5.69 Å². The summed E-state index contributed by atoms with van der Waals surface area (Å²) in [5.74, 6) is 0. The Morgan fingerprint density at radius 2 is 1.83 bits per heavy atom. The number of fused-ring (bicyclic) bond motifs is 1. The molecular formula is C23H22ClN3OS. The van der Waals surface area contributed by atoms with E-state index in [1.165, 1.54) is 0 Å². The molecule has 0 saturated heterocycles. The molecule has 4 rings (SSSR count). The highest BCUT2D eigenvalue weighted by Gasteiger charge is 2.18. The Morgan fingerprint density at radius 1 is 1.07 bits per heavy atom. The molecule has 0 aliphatic rings. The summed E-state index contributed by atoms with van der Waals surface area (Å²) in [7, 11) is 0. The SMILES string of the molecule is CCn1cc(Sc2ccc(Cl)cc2)c(-c2ccc3cc(C(C)(C)O)ccc3n2)n1. The summed E-state index contributed by atoms with van der Waals surface area (Å²) in [5, 5.41) is 16.7. The lowest BCUT2D eigenvalue weighted by molar-refractivity contribution is 0.0787. The van der Waals surface area contributed by atoms with Crippen LogP contribution in [-0.4, -0.2) is 19.9 Å². The summed E-state index contributed by atoms with van der Waals surface area (Å²) in [5.41, 5.74) is 2.56. The van der Waals surface area contributed by atoms with Crippen LogP contribution in [0.25, 0.3) is 22.3 Å². The van der Waals surface area contributed by atoms with E-state index in [1.807, 2.05) is 59.3 Å². The highest BCUT2D eigenvalue weighted by Crippen LogP contribution is 2.36. The smallest absolute Gasteiger partial charge is 0.125 e. The minimum atomic E-state index is -0.880. The van der Waals surface area contributed by atoms with E-state index in [4.69, 9.17) is 21.7 Å². The molecule has 0 unspecified atom stereocenters. The van der Waals surface area contributed by atoms with E-state index in [1.54, 1.807) is 25.6 Å². The Hall–Kier alpha value is -2.34. The number of benzene rings is 2. The lowest BCUT2D eigenvalue weighted by Crippen LogP contribution is -2.15. The highest BCUT2D eigenvalue weighted by atomic mass is 35.5. The molecule has 148 valence electrons. The van der Waals surface area contributed by atoms with Gasteiger partial charge < -0.3 is 5.11 Å². The van der Waals surface area contributed by atoms with Crippen molar-refractivity contribution in [1.29, 1.82) is 0 Å². The van der Waals surface area contributed by atoms with Gasteiger partial charge in [-0.2, -0.15) is 5.10 Å². The number of halogens is 1. The third-order valence-corrected chi connectivity index (χ3v) is 6.01. The molecule has 0 aliphatic carbocycles. The Morgan fingerprint density at radius 3 is 2.52 bits per heavy atom. The second-order valence-corrected chi connectivity index (χ2v) is 8.97. The monoisotopic (exact) mass is 423 g/mol. The van der Waals surface area contributed by atoms with Crippen molar-refractivity contribution in [1.82, 2.24) is 14.8 Å². The number of rotatable bonds is 5. The number of hydrogen-bond acceptors (Lipinski definition) is 4. The molecule has 0 bridgehead atoms. The average molecular weight is 424 g/mol. The fourth-order valence-electron chi connectivity index (χ4n) is 3.08. The summed E-state index contributed by atoms with van der Waals surface area (Å²) < 4.78 is 1.93. The predicted molar refractivity (Wildman–Crippen MR) is 119 cm³/mol.